The Morgan fingerprint density at radius 3 is 2.42 bits per heavy atom. The van der Waals surface area contributed by atoms with Gasteiger partial charge in [-0.15, -0.1) is 0 Å². The van der Waals surface area contributed by atoms with Gasteiger partial charge in [-0.25, -0.2) is 4.98 Å². The van der Waals surface area contributed by atoms with Crippen LogP contribution in [-0.4, -0.2) is 23.6 Å². The molecule has 0 unspecified atom stereocenters. The maximum absolute atomic E-state index is 6.38. The van der Waals surface area contributed by atoms with Gasteiger partial charge in [-0.05, 0) is 86.5 Å². The molecule has 1 aliphatic rings. The maximum Gasteiger partial charge on any atom is 0.519 e. The molecule has 38 heavy (non-hydrogen) atoms. The number of benzene rings is 4. The Labute approximate surface area is 222 Å². The van der Waals surface area contributed by atoms with Crippen LogP contribution in [0, 0.1) is 13.8 Å². The van der Waals surface area contributed by atoms with Gasteiger partial charge in [-0.3, -0.25) is 4.57 Å². The van der Waals surface area contributed by atoms with E-state index < -0.39 is 0 Å². The number of hydrogen-bond donors (Lipinski definition) is 0. The van der Waals surface area contributed by atoms with Gasteiger partial charge in [0, 0.05) is 23.0 Å². The van der Waals surface area contributed by atoms with Crippen LogP contribution in [0.5, 0.6) is 17.2 Å². The molecule has 6 aromatic rings. The Morgan fingerprint density at radius 1 is 0.763 bits per heavy atom. The number of para-hydroxylation sites is 2. The largest absolute Gasteiger partial charge is 0.536 e. The highest BCUT2D eigenvalue weighted by atomic mass is 16.5. The van der Waals surface area contributed by atoms with Crippen molar-refractivity contribution in [2.24, 2.45) is 0 Å². The molecule has 0 bridgehead atoms. The third-order valence-electron chi connectivity index (χ3n) is 7.19. The molecular weight excluding hydrogens is 469 g/mol. The van der Waals surface area contributed by atoms with Crippen molar-refractivity contribution in [3.63, 3.8) is 0 Å². The third-order valence-corrected chi connectivity index (χ3v) is 7.19. The lowest BCUT2D eigenvalue weighted by molar-refractivity contribution is 0.482. The molecule has 184 valence electrons. The highest BCUT2D eigenvalue weighted by Crippen LogP contribution is 2.35. The van der Waals surface area contributed by atoms with E-state index in [1.165, 1.54) is 10.9 Å². The zero-order valence-electron chi connectivity index (χ0n) is 21.6. The molecule has 0 fully saturated rings. The van der Waals surface area contributed by atoms with Gasteiger partial charge in [-0.2, -0.15) is 0 Å². The fraction of sp³-hybridized carbons (Fsp3) is 0.0938. The Balaban J connectivity index is 1.24. The molecular formula is C32H26BN3O2. The van der Waals surface area contributed by atoms with Crippen LogP contribution in [0.1, 0.15) is 11.1 Å². The first kappa shape index (κ1) is 22.5. The topological polar surface area (TPSA) is 39.5 Å². The third kappa shape index (κ3) is 3.68. The summed E-state index contributed by atoms with van der Waals surface area (Å²) in [6, 6.07) is 33.2. The van der Waals surface area contributed by atoms with E-state index in [-0.39, 0.29) is 7.05 Å². The van der Waals surface area contributed by atoms with Crippen LogP contribution in [-0.2, 0) is 0 Å². The minimum absolute atomic E-state index is 0.196. The summed E-state index contributed by atoms with van der Waals surface area (Å²) in [5.41, 5.74) is 7.58. The second-order valence-electron chi connectivity index (χ2n) is 9.96. The fourth-order valence-electron chi connectivity index (χ4n) is 5.39. The lowest BCUT2D eigenvalue weighted by atomic mass is 9.72. The predicted octanol–water partition coefficient (Wildman–Crippen LogP) is 6.81. The number of pyridine rings is 1. The molecule has 1 aliphatic heterocycles. The maximum atomic E-state index is 6.38. The minimum Gasteiger partial charge on any atom is -0.536 e. The second kappa shape index (κ2) is 8.70. The van der Waals surface area contributed by atoms with Crippen molar-refractivity contribution >= 4 is 40.1 Å². The van der Waals surface area contributed by atoms with Crippen molar-refractivity contribution in [2.45, 2.75) is 13.8 Å². The van der Waals surface area contributed by atoms with E-state index in [9.17, 15) is 0 Å². The summed E-state index contributed by atoms with van der Waals surface area (Å²) in [6.07, 6.45) is 1.93. The van der Waals surface area contributed by atoms with Crippen LogP contribution >= 0.6 is 0 Å². The smallest absolute Gasteiger partial charge is 0.519 e. The monoisotopic (exact) mass is 495 g/mol. The van der Waals surface area contributed by atoms with Crippen LogP contribution < -0.4 is 19.7 Å². The number of hydrogen-bond acceptors (Lipinski definition) is 4. The number of rotatable bonds is 4. The van der Waals surface area contributed by atoms with Gasteiger partial charge >= 0.3 is 7.05 Å². The number of nitrogens with zero attached hydrogens (tertiary/aromatic N) is 3. The summed E-state index contributed by atoms with van der Waals surface area (Å²) in [5, 5.41) is 2.36. The quantitative estimate of drug-likeness (QED) is 0.252. The number of ether oxygens (including phenoxy) is 1. The van der Waals surface area contributed by atoms with E-state index in [4.69, 9.17) is 14.4 Å². The number of fused-ring (bicyclic) bond motifs is 4. The SMILES string of the molecule is Cc1ccc2c(c1)c1cc(C)cnc1n2-c1cccc(Oc2cccc(B3Oc4ccccc4N3C)c2)c1. The number of anilines is 1. The molecule has 0 radical (unpaired) electrons. The molecule has 6 heteroatoms. The Kier molecular flexibility index (Phi) is 5.15. The molecule has 0 saturated carbocycles. The summed E-state index contributed by atoms with van der Waals surface area (Å²) in [4.78, 5) is 6.97. The average molecular weight is 495 g/mol. The van der Waals surface area contributed by atoms with Gasteiger partial charge in [0.05, 0.1) is 16.9 Å². The van der Waals surface area contributed by atoms with E-state index in [1.807, 2.05) is 54.7 Å². The predicted molar refractivity (Wildman–Crippen MR) is 155 cm³/mol. The molecule has 4 aromatic carbocycles. The van der Waals surface area contributed by atoms with Crippen molar-refractivity contribution in [2.75, 3.05) is 11.9 Å². The Bertz CT molecular complexity index is 1790. The van der Waals surface area contributed by atoms with Gasteiger partial charge in [0.15, 0.2) is 0 Å². The van der Waals surface area contributed by atoms with Crippen LogP contribution in [0.2, 0.25) is 0 Å². The minimum atomic E-state index is -0.196. The zero-order chi connectivity index (χ0) is 25.8. The summed E-state index contributed by atoms with van der Waals surface area (Å²) >= 11 is 0. The highest BCUT2D eigenvalue weighted by molar-refractivity contribution is 6.73. The zero-order valence-corrected chi connectivity index (χ0v) is 21.6. The van der Waals surface area contributed by atoms with Crippen molar-refractivity contribution in [3.05, 3.63) is 114 Å². The molecule has 0 N–H and O–H groups in total. The summed E-state index contributed by atoms with van der Waals surface area (Å²) in [7, 11) is 1.86. The summed E-state index contributed by atoms with van der Waals surface area (Å²) < 4.78 is 14.8. The van der Waals surface area contributed by atoms with E-state index in [1.54, 1.807) is 0 Å². The normalized spacial score (nSPS) is 12.7. The van der Waals surface area contributed by atoms with Crippen LogP contribution in [0.25, 0.3) is 27.6 Å². The summed E-state index contributed by atoms with van der Waals surface area (Å²) in [5.74, 6) is 2.42. The molecule has 0 saturated heterocycles. The molecule has 0 spiro atoms. The molecule has 7 rings (SSSR count). The van der Waals surface area contributed by atoms with Crippen LogP contribution in [0.4, 0.5) is 5.69 Å². The lowest BCUT2D eigenvalue weighted by Crippen LogP contribution is -2.47. The standard InChI is InChI=1S/C32H26BN3O2/c1-21-14-15-29-27(16-21)28-17-22(2)20-34-32(28)36(29)24-9-7-11-26(19-24)37-25-10-6-8-23(18-25)33-35(3)30-12-4-5-13-31(30)38-33/h4-20H,1-3H3. The van der Waals surface area contributed by atoms with Crippen molar-refractivity contribution in [1.82, 2.24) is 9.55 Å². The first-order chi connectivity index (χ1) is 18.5. The van der Waals surface area contributed by atoms with Crippen LogP contribution in [0.3, 0.4) is 0 Å². The first-order valence-electron chi connectivity index (χ1n) is 12.8. The van der Waals surface area contributed by atoms with Gasteiger partial charge in [0.2, 0.25) is 0 Å². The second-order valence-corrected chi connectivity index (χ2v) is 9.96. The van der Waals surface area contributed by atoms with Crippen LogP contribution in [0.15, 0.2) is 103 Å². The van der Waals surface area contributed by atoms with E-state index in [0.29, 0.717) is 0 Å². The molecule has 3 heterocycles. The van der Waals surface area contributed by atoms with Gasteiger partial charge < -0.3 is 14.2 Å². The van der Waals surface area contributed by atoms with E-state index in [2.05, 4.69) is 78.8 Å². The first-order valence-corrected chi connectivity index (χ1v) is 12.8. The Morgan fingerprint density at radius 2 is 1.55 bits per heavy atom. The Hall–Kier alpha value is -4.71. The number of aryl methyl sites for hydroxylation is 2. The molecule has 2 aromatic heterocycles. The number of aromatic nitrogens is 2. The average Bonchev–Trinajstić information content (AvgIpc) is 3.43. The van der Waals surface area contributed by atoms with E-state index >= 15 is 0 Å². The van der Waals surface area contributed by atoms with Gasteiger partial charge in [-0.1, -0.05) is 42.0 Å². The fourth-order valence-corrected chi connectivity index (χ4v) is 5.39. The molecule has 0 atom stereocenters. The molecule has 5 nitrogen and oxygen atoms in total. The van der Waals surface area contributed by atoms with Crippen molar-refractivity contribution < 1.29 is 9.39 Å². The summed E-state index contributed by atoms with van der Waals surface area (Å²) in [6.45, 7) is 4.21. The molecule has 0 amide bonds. The van der Waals surface area contributed by atoms with E-state index in [0.717, 1.165) is 56.2 Å². The molecule has 0 aliphatic carbocycles. The van der Waals surface area contributed by atoms with Gasteiger partial charge in [0.25, 0.3) is 0 Å². The highest BCUT2D eigenvalue weighted by Gasteiger charge is 2.35. The van der Waals surface area contributed by atoms with Crippen molar-refractivity contribution in [3.8, 4) is 22.9 Å². The van der Waals surface area contributed by atoms with Crippen molar-refractivity contribution in [1.29, 1.82) is 0 Å². The lowest BCUT2D eigenvalue weighted by Gasteiger charge is -2.17. The van der Waals surface area contributed by atoms with Gasteiger partial charge in [0.1, 0.15) is 22.9 Å².